The van der Waals surface area contributed by atoms with E-state index in [4.69, 9.17) is 34.8 Å². The summed E-state index contributed by atoms with van der Waals surface area (Å²) in [7, 11) is 0. The highest BCUT2D eigenvalue weighted by Crippen LogP contribution is 2.48. The Kier molecular flexibility index (Phi) is 7.64. The summed E-state index contributed by atoms with van der Waals surface area (Å²) < 4.78 is -1.05. The summed E-state index contributed by atoms with van der Waals surface area (Å²) >= 11 is 18.2. The van der Waals surface area contributed by atoms with Gasteiger partial charge in [0.05, 0.1) is 0 Å². The van der Waals surface area contributed by atoms with Crippen molar-refractivity contribution in [2.75, 3.05) is 0 Å². The highest BCUT2D eigenvalue weighted by atomic mass is 35.6. The minimum absolute atomic E-state index is 0.265. The normalized spacial score (nSPS) is 34.0. The molecule has 0 radical (unpaired) electrons. The molecule has 2 fully saturated rings. The predicted molar refractivity (Wildman–Crippen MR) is 99.8 cm³/mol. The Morgan fingerprint density at radius 2 is 1.41 bits per heavy atom. The van der Waals surface area contributed by atoms with Crippen molar-refractivity contribution in [1.82, 2.24) is 0 Å². The SMILES string of the molecule is C=C/C=C/CCC1CCC(C2CCC(C(Cl)(Cl)Cl)CC2)CC1. The fraction of sp³-hybridized carbons (Fsp3) is 0.789. The molecule has 0 nitrogen and oxygen atoms in total. The molecule has 2 saturated carbocycles. The number of halogens is 3. The molecule has 2 rings (SSSR count). The molecular formula is C19H29Cl3. The standard InChI is InChI=1S/C19H29Cl3/c1-2-3-4-5-6-15-7-9-16(10-8-15)17-11-13-18(14-12-17)19(20,21)22/h2-4,15-18H,1,5-14H2/b4-3+. The van der Waals surface area contributed by atoms with Crippen molar-refractivity contribution in [1.29, 1.82) is 0 Å². The molecule has 0 bridgehead atoms. The van der Waals surface area contributed by atoms with Crippen LogP contribution in [0.1, 0.15) is 64.2 Å². The number of hydrogen-bond donors (Lipinski definition) is 0. The molecule has 2 aliphatic carbocycles. The van der Waals surface area contributed by atoms with Crippen LogP contribution in [0.5, 0.6) is 0 Å². The maximum Gasteiger partial charge on any atom is 0.193 e. The summed E-state index contributed by atoms with van der Waals surface area (Å²) in [6.07, 6.45) is 19.1. The molecule has 0 saturated heterocycles. The molecule has 0 aromatic rings. The van der Waals surface area contributed by atoms with Gasteiger partial charge in [-0.25, -0.2) is 0 Å². The Morgan fingerprint density at radius 3 is 1.91 bits per heavy atom. The number of rotatable bonds is 5. The van der Waals surface area contributed by atoms with Crippen LogP contribution in [0.15, 0.2) is 24.8 Å². The van der Waals surface area contributed by atoms with Gasteiger partial charge in [-0.2, -0.15) is 0 Å². The molecule has 3 heteroatoms. The van der Waals surface area contributed by atoms with E-state index < -0.39 is 3.79 Å². The third-order valence-electron chi connectivity index (χ3n) is 5.81. The lowest BCUT2D eigenvalue weighted by atomic mass is 9.69. The smallest absolute Gasteiger partial charge is 0.0991 e. The third kappa shape index (κ3) is 5.77. The molecule has 0 aromatic heterocycles. The van der Waals surface area contributed by atoms with Crippen molar-refractivity contribution >= 4 is 34.8 Å². The van der Waals surface area contributed by atoms with Crippen molar-refractivity contribution in [2.24, 2.45) is 23.7 Å². The maximum absolute atomic E-state index is 6.05. The second-order valence-corrected chi connectivity index (χ2v) is 9.54. The first kappa shape index (κ1) is 18.7. The summed E-state index contributed by atoms with van der Waals surface area (Å²) in [4.78, 5) is 0. The second kappa shape index (κ2) is 9.00. The van der Waals surface area contributed by atoms with Gasteiger partial charge >= 0.3 is 0 Å². The minimum Gasteiger partial charge on any atom is -0.0991 e. The molecule has 0 heterocycles. The molecule has 0 aromatic carbocycles. The topological polar surface area (TPSA) is 0 Å². The number of hydrogen-bond acceptors (Lipinski definition) is 0. The summed E-state index contributed by atoms with van der Waals surface area (Å²) in [5.74, 6) is 3.01. The van der Waals surface area contributed by atoms with Gasteiger partial charge in [0.15, 0.2) is 3.79 Å². The van der Waals surface area contributed by atoms with E-state index in [0.29, 0.717) is 0 Å². The van der Waals surface area contributed by atoms with Gasteiger partial charge in [-0.3, -0.25) is 0 Å². The minimum atomic E-state index is -1.05. The molecule has 0 unspecified atom stereocenters. The first-order valence-corrected chi connectivity index (χ1v) is 9.98. The van der Waals surface area contributed by atoms with Gasteiger partial charge in [0.1, 0.15) is 0 Å². The Hall–Kier alpha value is 0.350. The third-order valence-corrected chi connectivity index (χ3v) is 6.73. The second-order valence-electron chi connectivity index (χ2n) is 7.18. The Bertz CT molecular complexity index is 353. The van der Waals surface area contributed by atoms with Crippen molar-refractivity contribution in [3.8, 4) is 0 Å². The van der Waals surface area contributed by atoms with E-state index in [2.05, 4.69) is 18.7 Å². The van der Waals surface area contributed by atoms with E-state index in [1.807, 2.05) is 6.08 Å². The van der Waals surface area contributed by atoms with E-state index in [1.54, 1.807) is 0 Å². The first-order valence-electron chi connectivity index (χ1n) is 8.85. The average Bonchev–Trinajstić information content (AvgIpc) is 2.51. The fourth-order valence-corrected chi connectivity index (χ4v) is 5.05. The summed E-state index contributed by atoms with van der Waals surface area (Å²) in [5.41, 5.74) is 0. The zero-order valence-corrected chi connectivity index (χ0v) is 15.7. The van der Waals surface area contributed by atoms with Crippen molar-refractivity contribution in [3.05, 3.63) is 24.8 Å². The largest absolute Gasteiger partial charge is 0.193 e. The van der Waals surface area contributed by atoms with Crippen LogP contribution in [0.3, 0.4) is 0 Å². The predicted octanol–water partition coefficient (Wildman–Crippen LogP) is 7.49. The van der Waals surface area contributed by atoms with Gasteiger partial charge in [0, 0.05) is 5.92 Å². The highest BCUT2D eigenvalue weighted by molar-refractivity contribution is 6.67. The Balaban J connectivity index is 1.67. The summed E-state index contributed by atoms with van der Waals surface area (Å²) in [5, 5.41) is 0. The van der Waals surface area contributed by atoms with E-state index in [1.165, 1.54) is 51.4 Å². The van der Waals surface area contributed by atoms with Crippen LogP contribution < -0.4 is 0 Å². The molecule has 0 N–H and O–H groups in total. The van der Waals surface area contributed by atoms with Gasteiger partial charge in [-0.15, -0.1) is 0 Å². The number of alkyl halides is 3. The highest BCUT2D eigenvalue weighted by Gasteiger charge is 2.38. The maximum atomic E-state index is 6.05. The average molecular weight is 364 g/mol. The Morgan fingerprint density at radius 1 is 0.864 bits per heavy atom. The van der Waals surface area contributed by atoms with Crippen LogP contribution in [0.4, 0.5) is 0 Å². The number of allylic oxidation sites excluding steroid dienone is 3. The molecule has 2 aliphatic rings. The van der Waals surface area contributed by atoms with Crippen LogP contribution in [-0.2, 0) is 0 Å². The van der Waals surface area contributed by atoms with Crippen molar-refractivity contribution < 1.29 is 0 Å². The lowest BCUT2D eigenvalue weighted by Crippen LogP contribution is -2.30. The van der Waals surface area contributed by atoms with Gasteiger partial charge in [0.25, 0.3) is 0 Å². The first-order chi connectivity index (χ1) is 10.5. The van der Waals surface area contributed by atoms with Crippen molar-refractivity contribution in [2.45, 2.75) is 68.0 Å². The zero-order valence-electron chi connectivity index (χ0n) is 13.5. The van der Waals surface area contributed by atoms with Crippen molar-refractivity contribution in [3.63, 3.8) is 0 Å². The zero-order chi connectivity index (χ0) is 16.0. The molecular weight excluding hydrogens is 335 g/mol. The van der Waals surface area contributed by atoms with Crippen LogP contribution >= 0.6 is 34.8 Å². The van der Waals surface area contributed by atoms with Crippen LogP contribution in [0, 0.1) is 23.7 Å². The fourth-order valence-electron chi connectivity index (χ4n) is 4.39. The van der Waals surface area contributed by atoms with Gasteiger partial charge in [0.2, 0.25) is 0 Å². The molecule has 0 amide bonds. The van der Waals surface area contributed by atoms with E-state index >= 15 is 0 Å². The molecule has 22 heavy (non-hydrogen) atoms. The molecule has 0 spiro atoms. The molecule has 0 aliphatic heterocycles. The summed E-state index contributed by atoms with van der Waals surface area (Å²) in [6, 6.07) is 0. The van der Waals surface area contributed by atoms with Crippen LogP contribution in [0.2, 0.25) is 0 Å². The van der Waals surface area contributed by atoms with E-state index in [0.717, 1.165) is 30.6 Å². The molecule has 126 valence electrons. The van der Waals surface area contributed by atoms with E-state index in [9.17, 15) is 0 Å². The lowest BCUT2D eigenvalue weighted by Gasteiger charge is -2.39. The van der Waals surface area contributed by atoms with Crippen LogP contribution in [-0.4, -0.2) is 3.79 Å². The quantitative estimate of drug-likeness (QED) is 0.350. The lowest BCUT2D eigenvalue weighted by molar-refractivity contribution is 0.145. The molecule has 0 atom stereocenters. The van der Waals surface area contributed by atoms with Gasteiger partial charge in [-0.05, 0) is 69.1 Å². The van der Waals surface area contributed by atoms with Crippen LogP contribution in [0.25, 0.3) is 0 Å². The summed E-state index contributed by atoms with van der Waals surface area (Å²) in [6.45, 7) is 3.72. The Labute approximate surface area is 151 Å². The van der Waals surface area contributed by atoms with E-state index in [-0.39, 0.29) is 5.92 Å². The monoisotopic (exact) mass is 362 g/mol. The van der Waals surface area contributed by atoms with Gasteiger partial charge in [-0.1, -0.05) is 72.5 Å². The van der Waals surface area contributed by atoms with Gasteiger partial charge < -0.3 is 0 Å².